The third-order valence-electron chi connectivity index (χ3n) is 4.67. The first-order valence-corrected chi connectivity index (χ1v) is 9.03. The molecule has 1 aromatic heterocycles. The zero-order chi connectivity index (χ0) is 18.2. The van der Waals surface area contributed by atoms with E-state index < -0.39 is 0 Å². The van der Waals surface area contributed by atoms with E-state index in [0.29, 0.717) is 13.0 Å². The predicted octanol–water partition coefficient (Wildman–Crippen LogP) is 1.92. The average molecular weight is 354 g/mol. The van der Waals surface area contributed by atoms with Gasteiger partial charge in [-0.15, -0.1) is 0 Å². The number of pyridine rings is 1. The fourth-order valence-electron chi connectivity index (χ4n) is 3.13. The van der Waals surface area contributed by atoms with Crippen molar-refractivity contribution in [2.75, 3.05) is 44.7 Å². The first kappa shape index (κ1) is 18.2. The molecule has 0 bridgehead atoms. The lowest BCUT2D eigenvalue weighted by Gasteiger charge is -2.35. The molecule has 2 aromatic rings. The Morgan fingerprint density at radius 1 is 1.12 bits per heavy atom. The molecule has 0 spiro atoms. The number of carbonyl (C=O) groups excluding carboxylic acids is 1. The number of hydrogen-bond donors (Lipinski definition) is 1. The fraction of sp³-hybridized carbons (Fsp3) is 0.400. The Hall–Kier alpha value is -2.60. The lowest BCUT2D eigenvalue weighted by atomic mass is 10.2. The molecule has 6 heteroatoms. The van der Waals surface area contributed by atoms with Crippen molar-refractivity contribution in [3.63, 3.8) is 0 Å². The van der Waals surface area contributed by atoms with Crippen LogP contribution in [0, 0.1) is 0 Å². The molecule has 0 aliphatic carbocycles. The Morgan fingerprint density at radius 3 is 2.62 bits per heavy atom. The number of ether oxygens (including phenoxy) is 1. The van der Waals surface area contributed by atoms with E-state index in [1.54, 1.807) is 7.11 Å². The molecule has 0 unspecified atom stereocenters. The van der Waals surface area contributed by atoms with E-state index in [1.807, 2.05) is 48.7 Å². The summed E-state index contributed by atoms with van der Waals surface area (Å²) < 4.78 is 5.31. The van der Waals surface area contributed by atoms with E-state index in [1.165, 1.54) is 0 Å². The number of nitrogens with zero attached hydrogens (tertiary/aromatic N) is 3. The van der Waals surface area contributed by atoms with Gasteiger partial charge < -0.3 is 15.0 Å². The smallest absolute Gasteiger partial charge is 0.221 e. The molecule has 0 saturated carbocycles. The first-order chi connectivity index (χ1) is 12.8. The lowest BCUT2D eigenvalue weighted by molar-refractivity contribution is -0.121. The number of amides is 1. The Bertz CT molecular complexity index is 700. The van der Waals surface area contributed by atoms with Crippen molar-refractivity contribution in [1.29, 1.82) is 0 Å². The lowest BCUT2D eigenvalue weighted by Crippen LogP contribution is -2.47. The van der Waals surface area contributed by atoms with Crippen LogP contribution in [0.15, 0.2) is 48.7 Å². The van der Waals surface area contributed by atoms with Gasteiger partial charge in [0.25, 0.3) is 0 Å². The molecule has 1 aliphatic heterocycles. The second-order valence-electron chi connectivity index (χ2n) is 6.36. The van der Waals surface area contributed by atoms with Crippen LogP contribution >= 0.6 is 0 Å². The summed E-state index contributed by atoms with van der Waals surface area (Å²) >= 11 is 0. The number of methoxy groups -OCH3 is 1. The van der Waals surface area contributed by atoms with E-state index in [4.69, 9.17) is 4.74 Å². The Kier molecular flexibility index (Phi) is 6.44. The van der Waals surface area contributed by atoms with E-state index in [9.17, 15) is 4.79 Å². The summed E-state index contributed by atoms with van der Waals surface area (Å²) in [5.74, 6) is 1.91. The molecule has 138 valence electrons. The monoisotopic (exact) mass is 354 g/mol. The summed E-state index contributed by atoms with van der Waals surface area (Å²) in [5, 5.41) is 2.98. The number of anilines is 1. The van der Waals surface area contributed by atoms with Crippen molar-refractivity contribution >= 4 is 11.7 Å². The maximum atomic E-state index is 12.1. The van der Waals surface area contributed by atoms with Crippen molar-refractivity contribution in [3.05, 3.63) is 54.2 Å². The van der Waals surface area contributed by atoms with Crippen molar-refractivity contribution in [1.82, 2.24) is 15.2 Å². The van der Waals surface area contributed by atoms with Gasteiger partial charge in [0.05, 0.1) is 7.11 Å². The number of benzene rings is 1. The van der Waals surface area contributed by atoms with Gasteiger partial charge in [-0.2, -0.15) is 0 Å². The molecular weight excluding hydrogens is 328 g/mol. The highest BCUT2D eigenvalue weighted by molar-refractivity contribution is 5.76. The number of aromatic nitrogens is 1. The molecule has 0 atom stereocenters. The molecule has 1 N–H and O–H groups in total. The maximum Gasteiger partial charge on any atom is 0.221 e. The number of piperazine rings is 1. The second kappa shape index (κ2) is 9.20. The largest absolute Gasteiger partial charge is 0.496 e. The predicted molar refractivity (Wildman–Crippen MR) is 102 cm³/mol. The molecule has 1 aliphatic rings. The van der Waals surface area contributed by atoms with Gasteiger partial charge in [0, 0.05) is 57.4 Å². The van der Waals surface area contributed by atoms with Crippen LogP contribution in [0.1, 0.15) is 12.0 Å². The van der Waals surface area contributed by atoms with Crippen LogP contribution in [0.25, 0.3) is 0 Å². The molecule has 1 amide bonds. The minimum atomic E-state index is 0.0723. The minimum absolute atomic E-state index is 0.0723. The third kappa shape index (κ3) is 4.95. The van der Waals surface area contributed by atoms with Gasteiger partial charge in [-0.1, -0.05) is 24.3 Å². The number of rotatable bonds is 7. The minimum Gasteiger partial charge on any atom is -0.496 e. The SMILES string of the molecule is COc1ccccc1CNC(=O)CCN1CCN(c2ccccn2)CC1. The van der Waals surface area contributed by atoms with Crippen LogP contribution in [-0.2, 0) is 11.3 Å². The standard InChI is InChI=1S/C20H26N4O2/c1-26-18-7-3-2-6-17(18)16-22-20(25)9-11-23-12-14-24(15-13-23)19-8-4-5-10-21-19/h2-8,10H,9,11-16H2,1H3,(H,22,25). The summed E-state index contributed by atoms with van der Waals surface area (Å²) in [6.45, 7) is 5.08. The van der Waals surface area contributed by atoms with Crippen LogP contribution in [-0.4, -0.2) is 55.6 Å². The molecule has 1 fully saturated rings. The van der Waals surface area contributed by atoms with Crippen molar-refractivity contribution in [2.24, 2.45) is 0 Å². The van der Waals surface area contributed by atoms with Crippen molar-refractivity contribution < 1.29 is 9.53 Å². The summed E-state index contributed by atoms with van der Waals surface area (Å²) in [5.41, 5.74) is 0.993. The Labute approximate surface area is 154 Å². The summed E-state index contributed by atoms with van der Waals surface area (Å²) in [4.78, 5) is 21.2. The van der Waals surface area contributed by atoms with Gasteiger partial charge in [-0.3, -0.25) is 9.69 Å². The van der Waals surface area contributed by atoms with Gasteiger partial charge in [0.2, 0.25) is 5.91 Å². The molecule has 26 heavy (non-hydrogen) atoms. The van der Waals surface area contributed by atoms with Crippen LogP contribution in [0.5, 0.6) is 5.75 Å². The van der Waals surface area contributed by atoms with Gasteiger partial charge in [0.1, 0.15) is 11.6 Å². The number of para-hydroxylation sites is 1. The van der Waals surface area contributed by atoms with E-state index in [-0.39, 0.29) is 5.91 Å². The van der Waals surface area contributed by atoms with Crippen LogP contribution < -0.4 is 15.0 Å². The molecule has 0 radical (unpaired) electrons. The summed E-state index contributed by atoms with van der Waals surface area (Å²) in [7, 11) is 1.64. The van der Waals surface area contributed by atoms with E-state index >= 15 is 0 Å². The number of carbonyl (C=O) groups is 1. The maximum absolute atomic E-state index is 12.1. The summed E-state index contributed by atoms with van der Waals surface area (Å²) in [6, 6.07) is 13.7. The molecule has 6 nitrogen and oxygen atoms in total. The zero-order valence-electron chi connectivity index (χ0n) is 15.2. The van der Waals surface area contributed by atoms with Crippen molar-refractivity contribution in [2.45, 2.75) is 13.0 Å². The van der Waals surface area contributed by atoms with Gasteiger partial charge in [0.15, 0.2) is 0 Å². The second-order valence-corrected chi connectivity index (χ2v) is 6.36. The number of nitrogens with one attached hydrogen (secondary N) is 1. The fourth-order valence-corrected chi connectivity index (χ4v) is 3.13. The molecular formula is C20H26N4O2. The topological polar surface area (TPSA) is 57.7 Å². The van der Waals surface area contributed by atoms with Gasteiger partial charge in [-0.25, -0.2) is 4.98 Å². The van der Waals surface area contributed by atoms with E-state index in [2.05, 4.69) is 20.1 Å². The Morgan fingerprint density at radius 2 is 1.88 bits per heavy atom. The third-order valence-corrected chi connectivity index (χ3v) is 4.67. The summed E-state index contributed by atoms with van der Waals surface area (Å²) in [6.07, 6.45) is 2.34. The first-order valence-electron chi connectivity index (χ1n) is 9.03. The molecule has 3 rings (SSSR count). The van der Waals surface area contributed by atoms with Crippen LogP contribution in [0.3, 0.4) is 0 Å². The molecule has 1 aromatic carbocycles. The Balaban J connectivity index is 1.38. The number of hydrogen-bond acceptors (Lipinski definition) is 5. The zero-order valence-corrected chi connectivity index (χ0v) is 15.2. The van der Waals surface area contributed by atoms with Crippen molar-refractivity contribution in [3.8, 4) is 5.75 Å². The molecule has 2 heterocycles. The molecule has 1 saturated heterocycles. The van der Waals surface area contributed by atoms with Crippen LogP contribution in [0.2, 0.25) is 0 Å². The highest BCUT2D eigenvalue weighted by Crippen LogP contribution is 2.16. The van der Waals surface area contributed by atoms with Gasteiger partial charge in [-0.05, 0) is 18.2 Å². The normalized spacial score (nSPS) is 14.9. The quantitative estimate of drug-likeness (QED) is 0.823. The average Bonchev–Trinajstić information content (AvgIpc) is 2.72. The van der Waals surface area contributed by atoms with Gasteiger partial charge >= 0.3 is 0 Å². The highest BCUT2D eigenvalue weighted by atomic mass is 16.5. The van der Waals surface area contributed by atoms with Crippen LogP contribution in [0.4, 0.5) is 5.82 Å². The highest BCUT2D eigenvalue weighted by Gasteiger charge is 2.18. The van der Waals surface area contributed by atoms with E-state index in [0.717, 1.165) is 49.9 Å².